The summed E-state index contributed by atoms with van der Waals surface area (Å²) in [6, 6.07) is 8.59. The maximum absolute atomic E-state index is 12.7. The van der Waals surface area contributed by atoms with Crippen molar-refractivity contribution < 1.29 is 4.39 Å². The molecule has 0 saturated carbocycles. The van der Waals surface area contributed by atoms with E-state index in [9.17, 15) is 4.39 Å². The second kappa shape index (κ2) is 5.10. The molecule has 1 heterocycles. The average Bonchev–Trinajstić information content (AvgIpc) is 2.60. The van der Waals surface area contributed by atoms with Crippen LogP contribution in [0.5, 0.6) is 0 Å². The van der Waals surface area contributed by atoms with Crippen molar-refractivity contribution in [1.29, 1.82) is 0 Å². The lowest BCUT2D eigenvalue weighted by Gasteiger charge is -2.05. The van der Waals surface area contributed by atoms with Crippen LogP contribution in [-0.2, 0) is 20.1 Å². The van der Waals surface area contributed by atoms with Crippen molar-refractivity contribution in [1.82, 2.24) is 15.1 Å². The summed E-state index contributed by atoms with van der Waals surface area (Å²) in [7, 11) is 1.93. The molecule has 0 saturated heterocycles. The van der Waals surface area contributed by atoms with Gasteiger partial charge in [-0.2, -0.15) is 5.10 Å². The Hall–Kier alpha value is -1.68. The zero-order valence-corrected chi connectivity index (χ0v) is 10.1. The van der Waals surface area contributed by atoms with Crippen molar-refractivity contribution in [2.75, 3.05) is 0 Å². The summed E-state index contributed by atoms with van der Waals surface area (Å²) in [5.74, 6) is -0.198. The number of hydrogen-bond donors (Lipinski definition) is 1. The first-order valence-electron chi connectivity index (χ1n) is 5.60. The van der Waals surface area contributed by atoms with Gasteiger partial charge in [0.05, 0.1) is 11.4 Å². The number of hydrogen-bond acceptors (Lipinski definition) is 2. The summed E-state index contributed by atoms with van der Waals surface area (Å²) in [6.07, 6.45) is 0. The molecule has 0 atom stereocenters. The van der Waals surface area contributed by atoms with E-state index in [1.54, 1.807) is 12.1 Å². The maximum atomic E-state index is 12.7. The smallest absolute Gasteiger partial charge is 0.123 e. The molecule has 3 nitrogen and oxygen atoms in total. The van der Waals surface area contributed by atoms with Gasteiger partial charge >= 0.3 is 0 Å². The minimum Gasteiger partial charge on any atom is -0.307 e. The molecule has 0 radical (unpaired) electrons. The van der Waals surface area contributed by atoms with E-state index in [0.29, 0.717) is 0 Å². The van der Waals surface area contributed by atoms with E-state index in [2.05, 4.69) is 16.5 Å². The molecule has 1 aromatic carbocycles. The fourth-order valence-electron chi connectivity index (χ4n) is 1.77. The molecule has 0 unspecified atom stereocenters. The summed E-state index contributed by atoms with van der Waals surface area (Å²) >= 11 is 0. The van der Waals surface area contributed by atoms with Crippen LogP contribution in [-0.4, -0.2) is 9.78 Å². The Morgan fingerprint density at radius 1 is 1.24 bits per heavy atom. The van der Waals surface area contributed by atoms with Crippen molar-refractivity contribution >= 4 is 0 Å². The second-order valence-electron chi connectivity index (χ2n) is 4.13. The zero-order chi connectivity index (χ0) is 12.3. The molecular weight excluding hydrogens is 217 g/mol. The van der Waals surface area contributed by atoms with Gasteiger partial charge in [-0.3, -0.25) is 4.68 Å². The predicted octanol–water partition coefficient (Wildman–Crippen LogP) is 2.16. The minimum absolute atomic E-state index is 0.198. The van der Waals surface area contributed by atoms with Gasteiger partial charge in [-0.15, -0.1) is 0 Å². The van der Waals surface area contributed by atoms with Gasteiger partial charge in [0.15, 0.2) is 0 Å². The van der Waals surface area contributed by atoms with E-state index in [1.807, 2.05) is 18.7 Å². The van der Waals surface area contributed by atoms with Crippen LogP contribution in [0.3, 0.4) is 0 Å². The first kappa shape index (κ1) is 11.8. The van der Waals surface area contributed by atoms with E-state index in [4.69, 9.17) is 0 Å². The highest BCUT2D eigenvalue weighted by Gasteiger charge is 2.01. The molecule has 2 aromatic rings. The summed E-state index contributed by atoms with van der Waals surface area (Å²) in [6.45, 7) is 3.46. The molecule has 1 N–H and O–H groups in total. The molecule has 90 valence electrons. The van der Waals surface area contributed by atoms with E-state index in [1.165, 1.54) is 12.1 Å². The molecule has 0 amide bonds. The Morgan fingerprint density at radius 3 is 2.53 bits per heavy atom. The fourth-order valence-corrected chi connectivity index (χ4v) is 1.77. The molecule has 4 heteroatoms. The lowest BCUT2D eigenvalue weighted by Crippen LogP contribution is -2.15. The van der Waals surface area contributed by atoms with Gasteiger partial charge < -0.3 is 5.32 Å². The third-order valence-corrected chi connectivity index (χ3v) is 2.65. The molecule has 17 heavy (non-hydrogen) atoms. The highest BCUT2D eigenvalue weighted by molar-refractivity contribution is 5.16. The second-order valence-corrected chi connectivity index (χ2v) is 4.13. The van der Waals surface area contributed by atoms with Crippen molar-refractivity contribution in [3.8, 4) is 0 Å². The van der Waals surface area contributed by atoms with Crippen molar-refractivity contribution in [2.45, 2.75) is 20.0 Å². The summed E-state index contributed by atoms with van der Waals surface area (Å²) < 4.78 is 14.6. The summed E-state index contributed by atoms with van der Waals surface area (Å²) in [4.78, 5) is 0. The highest BCUT2D eigenvalue weighted by atomic mass is 19.1. The largest absolute Gasteiger partial charge is 0.307 e. The highest BCUT2D eigenvalue weighted by Crippen LogP contribution is 2.04. The molecule has 0 aliphatic carbocycles. The molecule has 0 fully saturated rings. The topological polar surface area (TPSA) is 29.9 Å². The van der Waals surface area contributed by atoms with Crippen LogP contribution < -0.4 is 5.32 Å². The first-order chi connectivity index (χ1) is 8.15. The Balaban J connectivity index is 1.87. The average molecular weight is 233 g/mol. The zero-order valence-electron chi connectivity index (χ0n) is 10.1. The number of rotatable bonds is 4. The van der Waals surface area contributed by atoms with Crippen molar-refractivity contribution in [2.24, 2.45) is 7.05 Å². The number of aromatic nitrogens is 2. The lowest BCUT2D eigenvalue weighted by molar-refractivity contribution is 0.616. The summed E-state index contributed by atoms with van der Waals surface area (Å²) in [5.41, 5.74) is 3.24. The lowest BCUT2D eigenvalue weighted by atomic mass is 10.2. The van der Waals surface area contributed by atoms with E-state index in [-0.39, 0.29) is 5.82 Å². The van der Waals surface area contributed by atoms with Crippen LogP contribution >= 0.6 is 0 Å². The van der Waals surface area contributed by atoms with Gasteiger partial charge in [0.25, 0.3) is 0 Å². The summed E-state index contributed by atoms with van der Waals surface area (Å²) in [5, 5.41) is 7.58. The standard InChI is InChI=1S/C13H16FN3/c1-10-7-13(17(2)16-10)9-15-8-11-3-5-12(14)6-4-11/h3-7,15H,8-9H2,1-2H3. The monoisotopic (exact) mass is 233 g/mol. The van der Waals surface area contributed by atoms with Crippen molar-refractivity contribution in [3.63, 3.8) is 0 Å². The molecule has 0 aliphatic rings. The van der Waals surface area contributed by atoms with E-state index >= 15 is 0 Å². The molecule has 2 rings (SSSR count). The number of benzene rings is 1. The van der Waals surface area contributed by atoms with E-state index < -0.39 is 0 Å². The van der Waals surface area contributed by atoms with Gasteiger partial charge in [-0.25, -0.2) is 4.39 Å². The van der Waals surface area contributed by atoms with Crippen LogP contribution in [0.4, 0.5) is 4.39 Å². The van der Waals surface area contributed by atoms with Gasteiger partial charge in [0, 0.05) is 20.1 Å². The quantitative estimate of drug-likeness (QED) is 0.877. The molecule has 0 spiro atoms. The van der Waals surface area contributed by atoms with Crippen LogP contribution in [0.15, 0.2) is 30.3 Å². The first-order valence-corrected chi connectivity index (χ1v) is 5.60. The van der Waals surface area contributed by atoms with Crippen molar-refractivity contribution in [3.05, 3.63) is 53.1 Å². The number of aryl methyl sites for hydroxylation is 2. The maximum Gasteiger partial charge on any atom is 0.123 e. The van der Waals surface area contributed by atoms with Crippen LogP contribution in [0, 0.1) is 12.7 Å². The van der Waals surface area contributed by atoms with Gasteiger partial charge in [-0.05, 0) is 30.7 Å². The Morgan fingerprint density at radius 2 is 1.94 bits per heavy atom. The predicted molar refractivity (Wildman–Crippen MR) is 64.9 cm³/mol. The third kappa shape index (κ3) is 3.14. The molecule has 1 aromatic heterocycles. The van der Waals surface area contributed by atoms with E-state index in [0.717, 1.165) is 30.0 Å². The molecular formula is C13H16FN3. The van der Waals surface area contributed by atoms with Gasteiger partial charge in [-0.1, -0.05) is 12.1 Å². The minimum atomic E-state index is -0.198. The van der Waals surface area contributed by atoms with Gasteiger partial charge in [0.1, 0.15) is 5.82 Å². The normalized spacial score (nSPS) is 10.8. The molecule has 0 bridgehead atoms. The Labute approximate surface area is 100 Å². The fraction of sp³-hybridized carbons (Fsp3) is 0.308. The number of nitrogens with one attached hydrogen (secondary N) is 1. The third-order valence-electron chi connectivity index (χ3n) is 2.65. The number of nitrogens with zero attached hydrogens (tertiary/aromatic N) is 2. The molecule has 0 aliphatic heterocycles. The van der Waals surface area contributed by atoms with Crippen LogP contribution in [0.2, 0.25) is 0 Å². The van der Waals surface area contributed by atoms with Crippen LogP contribution in [0.1, 0.15) is 17.0 Å². The van der Waals surface area contributed by atoms with Crippen LogP contribution in [0.25, 0.3) is 0 Å². The SMILES string of the molecule is Cc1cc(CNCc2ccc(F)cc2)n(C)n1. The Kier molecular flexibility index (Phi) is 3.54. The van der Waals surface area contributed by atoms with Gasteiger partial charge in [0.2, 0.25) is 0 Å². The number of halogens is 1. The Bertz CT molecular complexity index is 488.